The van der Waals surface area contributed by atoms with Crippen LogP contribution in [0, 0.1) is 0 Å². The summed E-state index contributed by atoms with van der Waals surface area (Å²) in [5, 5.41) is 3.37. The lowest BCUT2D eigenvalue weighted by molar-refractivity contribution is -0.134. The molecule has 0 aliphatic carbocycles. The molecular weight excluding hydrogens is 224 g/mol. The first-order valence-electron chi connectivity index (χ1n) is 6.79. The van der Waals surface area contributed by atoms with Crippen LogP contribution in [0.2, 0.25) is 0 Å². The Morgan fingerprint density at radius 3 is 2.78 bits per heavy atom. The Morgan fingerprint density at radius 1 is 1.44 bits per heavy atom. The van der Waals surface area contributed by atoms with E-state index < -0.39 is 0 Å². The molecule has 1 fully saturated rings. The minimum atomic E-state index is 0.0106. The van der Waals surface area contributed by atoms with Gasteiger partial charge in [0.2, 0.25) is 5.91 Å². The van der Waals surface area contributed by atoms with E-state index in [0.29, 0.717) is 6.04 Å². The van der Waals surface area contributed by atoms with E-state index >= 15 is 0 Å². The number of nitrogens with zero attached hydrogens (tertiary/aromatic N) is 1. The van der Waals surface area contributed by atoms with Gasteiger partial charge in [-0.15, -0.1) is 0 Å². The van der Waals surface area contributed by atoms with Crippen molar-refractivity contribution in [3.63, 3.8) is 0 Å². The topological polar surface area (TPSA) is 32.3 Å². The molecule has 1 unspecified atom stereocenters. The van der Waals surface area contributed by atoms with Crippen LogP contribution in [0.1, 0.15) is 31.7 Å². The summed E-state index contributed by atoms with van der Waals surface area (Å²) in [4.78, 5) is 14.6. The standard InChI is InChI=1S/C15H22N2O/c1-3-14(13-7-5-4-6-8-13)15(18)17-10-9-16-12(2)11-17/h4-8,12,14,16H,3,9-11H2,1-2H3/t12-,14?/m0/s1. The van der Waals surface area contributed by atoms with Crippen LogP contribution >= 0.6 is 0 Å². The fourth-order valence-electron chi connectivity index (χ4n) is 2.59. The SMILES string of the molecule is CCC(C(=O)N1CCN[C@@H](C)C1)c1ccccc1. The van der Waals surface area contributed by atoms with E-state index in [9.17, 15) is 4.79 Å². The Labute approximate surface area is 109 Å². The molecular formula is C15H22N2O. The van der Waals surface area contributed by atoms with Crippen molar-refractivity contribution in [3.8, 4) is 0 Å². The molecule has 0 radical (unpaired) electrons. The van der Waals surface area contributed by atoms with E-state index in [4.69, 9.17) is 0 Å². The van der Waals surface area contributed by atoms with Gasteiger partial charge >= 0.3 is 0 Å². The highest BCUT2D eigenvalue weighted by molar-refractivity contribution is 5.83. The van der Waals surface area contributed by atoms with Gasteiger partial charge in [0.25, 0.3) is 0 Å². The Morgan fingerprint density at radius 2 is 2.17 bits per heavy atom. The third kappa shape index (κ3) is 2.91. The fraction of sp³-hybridized carbons (Fsp3) is 0.533. The maximum Gasteiger partial charge on any atom is 0.230 e. The molecule has 0 bridgehead atoms. The molecule has 0 aromatic heterocycles. The molecule has 0 saturated carbocycles. The summed E-state index contributed by atoms with van der Waals surface area (Å²) < 4.78 is 0. The van der Waals surface area contributed by atoms with Crippen LogP contribution in [-0.4, -0.2) is 36.5 Å². The van der Waals surface area contributed by atoms with Gasteiger partial charge in [-0.1, -0.05) is 37.3 Å². The second kappa shape index (κ2) is 6.01. The quantitative estimate of drug-likeness (QED) is 0.884. The minimum Gasteiger partial charge on any atom is -0.339 e. The highest BCUT2D eigenvalue weighted by Gasteiger charge is 2.27. The van der Waals surface area contributed by atoms with Gasteiger partial charge in [-0.25, -0.2) is 0 Å². The third-order valence-corrected chi connectivity index (χ3v) is 3.59. The monoisotopic (exact) mass is 246 g/mol. The molecule has 2 atom stereocenters. The van der Waals surface area contributed by atoms with Crippen molar-refractivity contribution in [2.45, 2.75) is 32.2 Å². The van der Waals surface area contributed by atoms with Crippen molar-refractivity contribution in [2.24, 2.45) is 0 Å². The van der Waals surface area contributed by atoms with E-state index in [-0.39, 0.29) is 11.8 Å². The number of carbonyl (C=O) groups is 1. The minimum absolute atomic E-state index is 0.0106. The van der Waals surface area contributed by atoms with Crippen molar-refractivity contribution in [2.75, 3.05) is 19.6 Å². The summed E-state index contributed by atoms with van der Waals surface area (Å²) >= 11 is 0. The average Bonchev–Trinajstić information content (AvgIpc) is 2.41. The molecule has 1 aromatic carbocycles. The summed E-state index contributed by atoms with van der Waals surface area (Å²) in [6, 6.07) is 10.5. The number of carbonyl (C=O) groups excluding carboxylic acids is 1. The summed E-state index contributed by atoms with van der Waals surface area (Å²) in [6.07, 6.45) is 0.862. The summed E-state index contributed by atoms with van der Waals surface area (Å²) in [6.45, 7) is 6.76. The molecule has 1 heterocycles. The summed E-state index contributed by atoms with van der Waals surface area (Å²) in [7, 11) is 0. The smallest absolute Gasteiger partial charge is 0.230 e. The number of benzene rings is 1. The van der Waals surface area contributed by atoms with Gasteiger partial charge in [0, 0.05) is 25.7 Å². The highest BCUT2D eigenvalue weighted by Crippen LogP contribution is 2.22. The largest absolute Gasteiger partial charge is 0.339 e. The zero-order valence-corrected chi connectivity index (χ0v) is 11.2. The lowest BCUT2D eigenvalue weighted by atomic mass is 9.94. The molecule has 3 heteroatoms. The first-order chi connectivity index (χ1) is 8.72. The van der Waals surface area contributed by atoms with Crippen LogP contribution in [0.5, 0.6) is 0 Å². The molecule has 3 nitrogen and oxygen atoms in total. The van der Waals surface area contributed by atoms with E-state index in [1.165, 1.54) is 0 Å². The number of amides is 1. The number of piperazine rings is 1. The molecule has 1 saturated heterocycles. The Hall–Kier alpha value is -1.35. The molecule has 1 N–H and O–H groups in total. The van der Waals surface area contributed by atoms with Crippen molar-refractivity contribution in [1.29, 1.82) is 0 Å². The van der Waals surface area contributed by atoms with Gasteiger partial charge in [-0.2, -0.15) is 0 Å². The summed E-state index contributed by atoms with van der Waals surface area (Å²) in [5.41, 5.74) is 1.14. The number of hydrogen-bond acceptors (Lipinski definition) is 2. The number of rotatable bonds is 3. The third-order valence-electron chi connectivity index (χ3n) is 3.59. The molecule has 1 amide bonds. The maximum atomic E-state index is 12.6. The van der Waals surface area contributed by atoms with E-state index in [0.717, 1.165) is 31.6 Å². The van der Waals surface area contributed by atoms with Crippen LogP contribution in [0.25, 0.3) is 0 Å². The zero-order valence-electron chi connectivity index (χ0n) is 11.2. The molecule has 2 rings (SSSR count). The number of hydrogen-bond donors (Lipinski definition) is 1. The zero-order chi connectivity index (χ0) is 13.0. The Balaban J connectivity index is 2.10. The maximum absolute atomic E-state index is 12.6. The number of nitrogens with one attached hydrogen (secondary N) is 1. The predicted molar refractivity (Wildman–Crippen MR) is 73.5 cm³/mol. The predicted octanol–water partition coefficient (Wildman–Crippen LogP) is 2.00. The second-order valence-corrected chi connectivity index (χ2v) is 5.01. The molecule has 1 aromatic rings. The first-order valence-corrected chi connectivity index (χ1v) is 6.79. The van der Waals surface area contributed by atoms with Crippen molar-refractivity contribution in [3.05, 3.63) is 35.9 Å². The molecule has 98 valence electrons. The van der Waals surface area contributed by atoms with Gasteiger partial charge in [0.05, 0.1) is 5.92 Å². The molecule has 1 aliphatic rings. The highest BCUT2D eigenvalue weighted by atomic mass is 16.2. The average molecular weight is 246 g/mol. The molecule has 0 spiro atoms. The van der Waals surface area contributed by atoms with E-state index in [1.54, 1.807) is 0 Å². The van der Waals surface area contributed by atoms with Crippen LogP contribution in [0.15, 0.2) is 30.3 Å². The van der Waals surface area contributed by atoms with Crippen LogP contribution in [0.4, 0.5) is 0 Å². The fourth-order valence-corrected chi connectivity index (χ4v) is 2.59. The van der Waals surface area contributed by atoms with Crippen LogP contribution in [0.3, 0.4) is 0 Å². The van der Waals surface area contributed by atoms with E-state index in [2.05, 4.69) is 31.3 Å². The Bertz CT molecular complexity index is 391. The molecule has 1 aliphatic heterocycles. The van der Waals surface area contributed by atoms with E-state index in [1.807, 2.05) is 23.1 Å². The lowest BCUT2D eigenvalue weighted by Gasteiger charge is -2.34. The van der Waals surface area contributed by atoms with Gasteiger partial charge in [0.1, 0.15) is 0 Å². The van der Waals surface area contributed by atoms with Gasteiger partial charge in [-0.05, 0) is 18.9 Å². The molecule has 18 heavy (non-hydrogen) atoms. The van der Waals surface area contributed by atoms with Gasteiger partial charge < -0.3 is 10.2 Å². The van der Waals surface area contributed by atoms with Gasteiger partial charge in [0.15, 0.2) is 0 Å². The first kappa shape index (κ1) is 13.1. The van der Waals surface area contributed by atoms with Gasteiger partial charge in [-0.3, -0.25) is 4.79 Å². The normalized spacial score (nSPS) is 21.7. The lowest BCUT2D eigenvalue weighted by Crippen LogP contribution is -2.52. The van der Waals surface area contributed by atoms with Crippen molar-refractivity contribution >= 4 is 5.91 Å². The Kier molecular flexibility index (Phi) is 4.37. The van der Waals surface area contributed by atoms with Crippen molar-refractivity contribution in [1.82, 2.24) is 10.2 Å². The summed E-state index contributed by atoms with van der Waals surface area (Å²) in [5.74, 6) is 0.286. The van der Waals surface area contributed by atoms with Crippen LogP contribution < -0.4 is 5.32 Å². The van der Waals surface area contributed by atoms with Crippen molar-refractivity contribution < 1.29 is 4.79 Å². The second-order valence-electron chi connectivity index (χ2n) is 5.01. The van der Waals surface area contributed by atoms with Crippen LogP contribution in [-0.2, 0) is 4.79 Å².